The van der Waals surface area contributed by atoms with E-state index in [1.165, 1.54) is 4.88 Å². The average Bonchev–Trinajstić information content (AvgIpc) is 2.64. The summed E-state index contributed by atoms with van der Waals surface area (Å²) in [6, 6.07) is 2.02. The zero-order chi connectivity index (χ0) is 12.0. The van der Waals surface area contributed by atoms with E-state index in [4.69, 9.17) is 5.84 Å². The van der Waals surface area contributed by atoms with Crippen molar-refractivity contribution in [1.82, 2.24) is 10.7 Å². The minimum absolute atomic E-state index is 0.562. The van der Waals surface area contributed by atoms with Crippen LogP contribution in [0.2, 0.25) is 0 Å². The fourth-order valence-electron chi connectivity index (χ4n) is 1.04. The van der Waals surface area contributed by atoms with Crippen molar-refractivity contribution in [3.05, 3.63) is 20.8 Å². The Bertz CT molecular complexity index is 348. The predicted molar refractivity (Wildman–Crippen MR) is 73.3 cm³/mol. The van der Waals surface area contributed by atoms with Crippen molar-refractivity contribution < 1.29 is 0 Å². The average molecular weight is 305 g/mol. The molecule has 0 spiro atoms. The zero-order valence-electron chi connectivity index (χ0n) is 9.46. The van der Waals surface area contributed by atoms with E-state index in [9.17, 15) is 0 Å². The minimum Gasteiger partial charge on any atom is -0.355 e. The fraction of sp³-hybridized carbons (Fsp3) is 0.500. The second-order valence-electron chi connectivity index (χ2n) is 3.78. The van der Waals surface area contributed by atoms with Gasteiger partial charge in [0.2, 0.25) is 5.96 Å². The highest BCUT2D eigenvalue weighted by atomic mass is 79.9. The molecule has 0 unspecified atom stereocenters. The molecule has 4 nitrogen and oxygen atoms in total. The molecule has 0 aliphatic heterocycles. The highest BCUT2D eigenvalue weighted by Gasteiger charge is 2.01. The molecule has 0 saturated heterocycles. The van der Waals surface area contributed by atoms with Gasteiger partial charge in [-0.25, -0.2) is 10.8 Å². The Morgan fingerprint density at radius 2 is 2.38 bits per heavy atom. The van der Waals surface area contributed by atoms with E-state index in [1.807, 2.05) is 11.4 Å². The number of hydrogen-bond donors (Lipinski definition) is 3. The van der Waals surface area contributed by atoms with Crippen LogP contribution in [0, 0.1) is 5.92 Å². The van der Waals surface area contributed by atoms with Crippen LogP contribution in [0.1, 0.15) is 18.7 Å². The zero-order valence-corrected chi connectivity index (χ0v) is 11.9. The van der Waals surface area contributed by atoms with Crippen LogP contribution < -0.4 is 16.6 Å². The van der Waals surface area contributed by atoms with Gasteiger partial charge in [-0.1, -0.05) is 13.8 Å². The molecule has 0 aliphatic rings. The van der Waals surface area contributed by atoms with Crippen molar-refractivity contribution in [3.63, 3.8) is 0 Å². The van der Waals surface area contributed by atoms with E-state index < -0.39 is 0 Å². The van der Waals surface area contributed by atoms with Gasteiger partial charge < -0.3 is 5.32 Å². The summed E-state index contributed by atoms with van der Waals surface area (Å²) < 4.78 is 1.10. The number of hydrazine groups is 1. The Labute approximate surface area is 108 Å². The number of aliphatic imine (C=N–C) groups is 1. The third-order valence-corrected chi connectivity index (χ3v) is 3.80. The maximum atomic E-state index is 5.38. The molecule has 4 N–H and O–H groups in total. The number of halogens is 1. The quantitative estimate of drug-likeness (QED) is 0.345. The standard InChI is InChI=1S/C10H17BrN4S/c1-7(2)5-13-10(15-12)14-6-9-8(11)3-4-16-9/h3-4,7H,5-6,12H2,1-2H3,(H2,13,14,15). The molecule has 0 amide bonds. The van der Waals surface area contributed by atoms with Gasteiger partial charge in [0, 0.05) is 15.9 Å². The van der Waals surface area contributed by atoms with E-state index in [0.717, 1.165) is 11.0 Å². The first-order chi connectivity index (χ1) is 7.63. The summed E-state index contributed by atoms with van der Waals surface area (Å²) in [5, 5.41) is 5.19. The fourth-order valence-corrected chi connectivity index (χ4v) is 2.44. The SMILES string of the molecule is CC(C)CNC(=NCc1sccc1Br)NN. The summed E-state index contributed by atoms with van der Waals surface area (Å²) in [7, 11) is 0. The van der Waals surface area contributed by atoms with Crippen molar-refractivity contribution >= 4 is 33.2 Å². The molecule has 90 valence electrons. The lowest BCUT2D eigenvalue weighted by Crippen LogP contribution is -2.42. The van der Waals surface area contributed by atoms with Crippen molar-refractivity contribution in [2.75, 3.05) is 6.54 Å². The maximum Gasteiger partial charge on any atom is 0.206 e. The van der Waals surface area contributed by atoms with Crippen LogP contribution in [-0.2, 0) is 6.54 Å². The summed E-state index contributed by atoms with van der Waals surface area (Å²) >= 11 is 5.15. The Morgan fingerprint density at radius 3 is 2.88 bits per heavy atom. The predicted octanol–water partition coefficient (Wildman–Crippen LogP) is 2.08. The number of hydrogen-bond acceptors (Lipinski definition) is 3. The molecule has 1 heterocycles. The van der Waals surface area contributed by atoms with Gasteiger partial charge >= 0.3 is 0 Å². The third kappa shape index (κ3) is 4.51. The van der Waals surface area contributed by atoms with Gasteiger partial charge in [-0.15, -0.1) is 11.3 Å². The van der Waals surface area contributed by atoms with Crippen LogP contribution >= 0.6 is 27.3 Å². The summed E-state index contributed by atoms with van der Waals surface area (Å²) in [5.74, 6) is 6.58. The molecule has 0 radical (unpaired) electrons. The minimum atomic E-state index is 0.562. The number of nitrogens with zero attached hydrogens (tertiary/aromatic N) is 1. The highest BCUT2D eigenvalue weighted by molar-refractivity contribution is 9.10. The van der Waals surface area contributed by atoms with Crippen LogP contribution in [0.25, 0.3) is 0 Å². The summed E-state index contributed by atoms with van der Waals surface area (Å²) in [6.45, 7) is 5.76. The summed E-state index contributed by atoms with van der Waals surface area (Å²) in [6.07, 6.45) is 0. The first-order valence-corrected chi connectivity index (χ1v) is 6.77. The first-order valence-electron chi connectivity index (χ1n) is 5.10. The van der Waals surface area contributed by atoms with Crippen LogP contribution in [0.15, 0.2) is 20.9 Å². The maximum absolute atomic E-state index is 5.38. The highest BCUT2D eigenvalue weighted by Crippen LogP contribution is 2.23. The molecule has 1 aromatic rings. The molecule has 16 heavy (non-hydrogen) atoms. The van der Waals surface area contributed by atoms with Crippen molar-refractivity contribution in [3.8, 4) is 0 Å². The molecule has 0 saturated carbocycles. The molecule has 6 heteroatoms. The Balaban J connectivity index is 2.50. The Kier molecular flexibility index (Phi) is 5.79. The number of nitrogens with one attached hydrogen (secondary N) is 2. The van der Waals surface area contributed by atoms with Gasteiger partial charge in [0.15, 0.2) is 0 Å². The van der Waals surface area contributed by atoms with Gasteiger partial charge in [0.25, 0.3) is 0 Å². The second-order valence-corrected chi connectivity index (χ2v) is 5.63. The van der Waals surface area contributed by atoms with E-state index in [0.29, 0.717) is 18.4 Å². The smallest absolute Gasteiger partial charge is 0.206 e. The monoisotopic (exact) mass is 304 g/mol. The summed E-state index contributed by atoms with van der Waals surface area (Å²) in [4.78, 5) is 5.56. The van der Waals surface area contributed by atoms with Gasteiger partial charge in [-0.3, -0.25) is 5.43 Å². The van der Waals surface area contributed by atoms with Gasteiger partial charge in [-0.2, -0.15) is 0 Å². The van der Waals surface area contributed by atoms with Crippen molar-refractivity contribution in [2.45, 2.75) is 20.4 Å². The number of thiophene rings is 1. The Hall–Kier alpha value is -0.590. The molecule has 0 fully saturated rings. The number of rotatable bonds is 4. The van der Waals surface area contributed by atoms with Gasteiger partial charge in [0.05, 0.1) is 6.54 Å². The number of guanidine groups is 1. The van der Waals surface area contributed by atoms with Crippen LogP contribution in [0.4, 0.5) is 0 Å². The molecular formula is C10H17BrN4S. The number of nitrogens with two attached hydrogens (primary N) is 1. The van der Waals surface area contributed by atoms with E-state index >= 15 is 0 Å². The molecular weight excluding hydrogens is 288 g/mol. The Morgan fingerprint density at radius 1 is 1.62 bits per heavy atom. The lowest BCUT2D eigenvalue weighted by molar-refractivity contribution is 0.615. The van der Waals surface area contributed by atoms with E-state index in [2.05, 4.69) is 45.5 Å². The van der Waals surface area contributed by atoms with Crippen LogP contribution in [0.5, 0.6) is 0 Å². The van der Waals surface area contributed by atoms with E-state index in [-0.39, 0.29) is 0 Å². The summed E-state index contributed by atoms with van der Waals surface area (Å²) in [5.41, 5.74) is 2.57. The first kappa shape index (κ1) is 13.5. The lowest BCUT2D eigenvalue weighted by atomic mass is 10.2. The van der Waals surface area contributed by atoms with Crippen LogP contribution in [-0.4, -0.2) is 12.5 Å². The largest absolute Gasteiger partial charge is 0.355 e. The topological polar surface area (TPSA) is 62.4 Å². The van der Waals surface area contributed by atoms with Crippen molar-refractivity contribution in [2.24, 2.45) is 16.8 Å². The van der Waals surface area contributed by atoms with Crippen molar-refractivity contribution in [1.29, 1.82) is 0 Å². The molecule has 1 rings (SSSR count). The molecule has 0 aliphatic carbocycles. The second kappa shape index (κ2) is 6.88. The van der Waals surface area contributed by atoms with Gasteiger partial charge in [0.1, 0.15) is 0 Å². The van der Waals surface area contributed by atoms with Crippen LogP contribution in [0.3, 0.4) is 0 Å². The molecule has 1 aromatic heterocycles. The third-order valence-electron chi connectivity index (χ3n) is 1.89. The van der Waals surface area contributed by atoms with Gasteiger partial charge in [-0.05, 0) is 33.3 Å². The van der Waals surface area contributed by atoms with E-state index in [1.54, 1.807) is 11.3 Å². The lowest BCUT2D eigenvalue weighted by Gasteiger charge is -2.10. The normalized spacial score (nSPS) is 11.9. The molecule has 0 atom stereocenters. The molecule has 0 aromatic carbocycles. The molecule has 0 bridgehead atoms.